The van der Waals surface area contributed by atoms with Crippen LogP contribution in [0.1, 0.15) is 31.7 Å². The van der Waals surface area contributed by atoms with Crippen LogP contribution in [0.15, 0.2) is 41.7 Å². The first-order valence-corrected chi connectivity index (χ1v) is 12.7. The molecule has 2 aliphatic heterocycles. The van der Waals surface area contributed by atoms with Crippen molar-refractivity contribution in [3.8, 4) is 11.5 Å². The summed E-state index contributed by atoms with van der Waals surface area (Å²) < 4.78 is 11.4. The van der Waals surface area contributed by atoms with Crippen molar-refractivity contribution in [1.29, 1.82) is 0 Å². The van der Waals surface area contributed by atoms with E-state index >= 15 is 0 Å². The number of carbonyl (C=O) groups excluding carboxylic acids is 2. The van der Waals surface area contributed by atoms with Gasteiger partial charge in [0.15, 0.2) is 0 Å². The smallest absolute Gasteiger partial charge is 0.329 e. The van der Waals surface area contributed by atoms with Gasteiger partial charge in [-0.1, -0.05) is 13.8 Å². The third-order valence-corrected chi connectivity index (χ3v) is 6.62. The van der Waals surface area contributed by atoms with E-state index in [0.717, 1.165) is 32.8 Å². The van der Waals surface area contributed by atoms with Gasteiger partial charge in [0, 0.05) is 61.8 Å². The lowest BCUT2D eigenvalue weighted by atomic mass is 9.92. The maximum Gasteiger partial charge on any atom is 0.329 e. The molecule has 4 rings (SSSR count). The van der Waals surface area contributed by atoms with Crippen molar-refractivity contribution in [2.24, 2.45) is 16.1 Å². The number of morpholine rings is 1. The van der Waals surface area contributed by atoms with Crippen molar-refractivity contribution in [1.82, 2.24) is 19.8 Å². The molecule has 0 atom stereocenters. The lowest BCUT2D eigenvalue weighted by molar-refractivity contribution is -0.131. The molecular formula is C27H35N7O4. The Morgan fingerprint density at radius 3 is 2.74 bits per heavy atom. The number of anilines is 1. The first-order chi connectivity index (χ1) is 18.3. The van der Waals surface area contributed by atoms with Crippen LogP contribution >= 0.6 is 0 Å². The fourth-order valence-electron chi connectivity index (χ4n) is 4.20. The molecule has 2 aromatic heterocycles. The summed E-state index contributed by atoms with van der Waals surface area (Å²) >= 11 is 0. The molecule has 3 N–H and O–H groups in total. The maximum absolute atomic E-state index is 12.6. The average molecular weight is 522 g/mol. The minimum atomic E-state index is -0.532. The largest absolute Gasteiger partial charge is 0.455 e. The summed E-state index contributed by atoms with van der Waals surface area (Å²) in [7, 11) is 0. The Balaban J connectivity index is 1.36. The number of amides is 3. The van der Waals surface area contributed by atoms with Gasteiger partial charge in [-0.15, -0.1) is 0 Å². The average Bonchev–Trinajstić information content (AvgIpc) is 3.18. The summed E-state index contributed by atoms with van der Waals surface area (Å²) in [6, 6.07) is 6.40. The van der Waals surface area contributed by atoms with E-state index in [1.807, 2.05) is 13.8 Å². The molecule has 2 aliphatic rings. The van der Waals surface area contributed by atoms with E-state index < -0.39 is 11.4 Å². The molecule has 0 saturated carbocycles. The number of urea groups is 1. The molecule has 0 radical (unpaired) electrons. The number of aromatic nitrogens is 2. The Kier molecular flexibility index (Phi) is 8.70. The summed E-state index contributed by atoms with van der Waals surface area (Å²) in [5.74, 6) is 1.24. The van der Waals surface area contributed by atoms with Gasteiger partial charge in [-0.2, -0.15) is 0 Å². The molecule has 11 nitrogen and oxygen atoms in total. The number of nitrogens with one attached hydrogen (secondary N) is 1. The molecule has 0 spiro atoms. The number of aliphatic imine (C=N–C) groups is 1. The Morgan fingerprint density at radius 1 is 1.26 bits per heavy atom. The summed E-state index contributed by atoms with van der Waals surface area (Å²) in [6.45, 7) is 10.7. The minimum absolute atomic E-state index is 0.187. The Hall–Kier alpha value is -3.83. The number of allylic oxidation sites excluding steroid dienone is 1. The normalized spacial score (nSPS) is 18.2. The predicted octanol–water partition coefficient (Wildman–Crippen LogP) is 3.07. The molecule has 11 heteroatoms. The van der Waals surface area contributed by atoms with E-state index in [1.54, 1.807) is 43.6 Å². The predicted molar refractivity (Wildman–Crippen MR) is 145 cm³/mol. The van der Waals surface area contributed by atoms with Crippen LogP contribution in [0.5, 0.6) is 11.5 Å². The number of imide groups is 1. The summed E-state index contributed by atoms with van der Waals surface area (Å²) in [6.07, 6.45) is 5.47. The zero-order valence-electron chi connectivity index (χ0n) is 22.1. The molecule has 4 heterocycles. The quantitative estimate of drug-likeness (QED) is 0.506. The third-order valence-electron chi connectivity index (χ3n) is 6.62. The Morgan fingerprint density at radius 2 is 2.05 bits per heavy atom. The topological polar surface area (TPSA) is 135 Å². The highest BCUT2D eigenvalue weighted by molar-refractivity contribution is 6.09. The highest BCUT2D eigenvalue weighted by Gasteiger charge is 2.41. The van der Waals surface area contributed by atoms with Gasteiger partial charge < -0.3 is 15.2 Å². The highest BCUT2D eigenvalue weighted by Crippen LogP contribution is 2.31. The van der Waals surface area contributed by atoms with Gasteiger partial charge in [0.25, 0.3) is 0 Å². The molecule has 2 fully saturated rings. The number of carbonyl (C=O) groups is 2. The van der Waals surface area contributed by atoms with E-state index in [0.29, 0.717) is 53.8 Å². The Bertz CT molecular complexity index is 1220. The molecule has 0 unspecified atom stereocenters. The van der Waals surface area contributed by atoms with Gasteiger partial charge in [0.2, 0.25) is 5.91 Å². The number of rotatable bonds is 8. The molecule has 0 bridgehead atoms. The van der Waals surface area contributed by atoms with E-state index in [9.17, 15) is 9.59 Å². The zero-order chi connectivity index (χ0) is 27.1. The summed E-state index contributed by atoms with van der Waals surface area (Å²) in [5.41, 5.74) is 7.21. The van der Waals surface area contributed by atoms with Crippen molar-refractivity contribution >= 4 is 29.5 Å². The Labute approximate surface area is 222 Å². The number of aryl methyl sites for hydroxylation is 1. The van der Waals surface area contributed by atoms with Gasteiger partial charge in [0.05, 0.1) is 31.1 Å². The SMILES string of the molecule is Cc1nc(NC(=O)N2CCC(C)(C)C2=O)ccc1Oc1ccnc(/C(C=NCCN2CCOCC2)=C/N)c1. The van der Waals surface area contributed by atoms with Crippen molar-refractivity contribution in [2.45, 2.75) is 27.2 Å². The molecule has 2 saturated heterocycles. The number of nitrogens with zero attached hydrogens (tertiary/aromatic N) is 5. The van der Waals surface area contributed by atoms with Gasteiger partial charge in [-0.3, -0.25) is 29.9 Å². The van der Waals surface area contributed by atoms with Crippen molar-refractivity contribution in [3.63, 3.8) is 0 Å². The number of pyridine rings is 2. The molecule has 2 aromatic rings. The summed E-state index contributed by atoms with van der Waals surface area (Å²) in [4.78, 5) is 41.9. The molecule has 0 aliphatic carbocycles. The van der Waals surface area contributed by atoms with Crippen LogP contribution in [0.4, 0.5) is 10.6 Å². The van der Waals surface area contributed by atoms with Crippen LogP contribution in [-0.2, 0) is 9.53 Å². The fourth-order valence-corrected chi connectivity index (χ4v) is 4.20. The van der Waals surface area contributed by atoms with Gasteiger partial charge >= 0.3 is 6.03 Å². The van der Waals surface area contributed by atoms with E-state index in [1.165, 1.54) is 11.1 Å². The first-order valence-electron chi connectivity index (χ1n) is 12.7. The number of hydrogen-bond donors (Lipinski definition) is 2. The number of ether oxygens (including phenoxy) is 2. The second-order valence-corrected chi connectivity index (χ2v) is 9.89. The number of likely N-dealkylation sites (tertiary alicyclic amines) is 1. The van der Waals surface area contributed by atoms with Crippen LogP contribution in [-0.4, -0.2) is 83.9 Å². The molecule has 202 valence electrons. The van der Waals surface area contributed by atoms with Gasteiger partial charge in [-0.05, 0) is 31.5 Å². The third kappa shape index (κ3) is 6.73. The molecule has 0 aromatic carbocycles. The van der Waals surface area contributed by atoms with E-state index in [4.69, 9.17) is 15.2 Å². The monoisotopic (exact) mass is 521 g/mol. The van der Waals surface area contributed by atoms with Crippen LogP contribution < -0.4 is 15.8 Å². The van der Waals surface area contributed by atoms with Gasteiger partial charge in [0.1, 0.15) is 17.3 Å². The lowest BCUT2D eigenvalue weighted by Gasteiger charge is -2.25. The van der Waals surface area contributed by atoms with Crippen molar-refractivity contribution < 1.29 is 19.1 Å². The maximum atomic E-state index is 12.6. The molecule has 3 amide bonds. The van der Waals surface area contributed by atoms with Crippen LogP contribution in [0.3, 0.4) is 0 Å². The van der Waals surface area contributed by atoms with Crippen LogP contribution in [0.2, 0.25) is 0 Å². The van der Waals surface area contributed by atoms with E-state index in [2.05, 4.69) is 25.2 Å². The standard InChI is InChI=1S/C27H35N7O4/c1-19-23(4-5-24(31-19)32-26(36)34-10-7-27(2,3)25(34)35)38-21-6-8-30-22(16-21)20(17-28)18-29-9-11-33-12-14-37-15-13-33/h4-6,8,16-18H,7,9-15,28H2,1-3H3,(H,31,32,36)/b20-17+,29-18?. The second kappa shape index (κ2) is 12.1. The van der Waals surface area contributed by atoms with Crippen molar-refractivity contribution in [3.05, 3.63) is 48.1 Å². The minimum Gasteiger partial charge on any atom is -0.455 e. The first kappa shape index (κ1) is 27.2. The highest BCUT2D eigenvalue weighted by atomic mass is 16.5. The van der Waals surface area contributed by atoms with Crippen LogP contribution in [0.25, 0.3) is 5.57 Å². The fraction of sp³-hybridized carbons (Fsp3) is 0.444. The van der Waals surface area contributed by atoms with E-state index in [-0.39, 0.29) is 5.91 Å². The lowest BCUT2D eigenvalue weighted by Crippen LogP contribution is -2.39. The number of nitrogens with two attached hydrogens (primary N) is 1. The number of hydrogen-bond acceptors (Lipinski definition) is 9. The van der Waals surface area contributed by atoms with Crippen molar-refractivity contribution in [2.75, 3.05) is 51.3 Å². The molecule has 38 heavy (non-hydrogen) atoms. The molecular weight excluding hydrogens is 486 g/mol. The van der Waals surface area contributed by atoms with Gasteiger partial charge in [-0.25, -0.2) is 9.78 Å². The second-order valence-electron chi connectivity index (χ2n) is 9.89. The van der Waals surface area contributed by atoms with Crippen LogP contribution in [0, 0.1) is 12.3 Å². The zero-order valence-corrected chi connectivity index (χ0v) is 22.1. The summed E-state index contributed by atoms with van der Waals surface area (Å²) in [5, 5.41) is 2.71.